The van der Waals surface area contributed by atoms with Gasteiger partial charge in [-0.05, 0) is 85.9 Å². The Kier molecular flexibility index (Phi) is 4.57. The highest BCUT2D eigenvalue weighted by atomic mass is 16.3. The average molecular weight is 364 g/mol. The molecule has 6 nitrogen and oxygen atoms in total. The predicted molar refractivity (Wildman–Crippen MR) is 102 cm³/mol. The van der Waals surface area contributed by atoms with E-state index in [9.17, 15) is 19.5 Å². The second-order valence-corrected chi connectivity index (χ2v) is 6.81. The number of phenols is 1. The van der Waals surface area contributed by atoms with Gasteiger partial charge in [-0.1, -0.05) is 6.07 Å². The molecule has 2 N–H and O–H groups in total. The SMILES string of the molecule is Cc1cc(C)cc(N2C(=O)NC(=O)C(=Cc3cc(C)c(O)c(C)c3)C2=O)c1. The number of carbonyl (C=O) groups is 3. The van der Waals surface area contributed by atoms with Crippen LogP contribution in [0.4, 0.5) is 10.5 Å². The quantitative estimate of drug-likeness (QED) is 0.632. The first-order chi connectivity index (χ1) is 12.7. The number of hydrogen-bond donors (Lipinski definition) is 2. The van der Waals surface area contributed by atoms with Crippen LogP contribution in [0.1, 0.15) is 27.8 Å². The third-order valence-corrected chi connectivity index (χ3v) is 4.39. The van der Waals surface area contributed by atoms with Crippen molar-refractivity contribution in [3.05, 3.63) is 63.7 Å². The van der Waals surface area contributed by atoms with Crippen molar-refractivity contribution >= 4 is 29.6 Å². The van der Waals surface area contributed by atoms with Gasteiger partial charge in [-0.25, -0.2) is 9.69 Å². The van der Waals surface area contributed by atoms with Gasteiger partial charge in [-0.3, -0.25) is 14.9 Å². The number of nitrogens with one attached hydrogen (secondary N) is 1. The molecule has 0 bridgehead atoms. The van der Waals surface area contributed by atoms with Crippen molar-refractivity contribution in [2.45, 2.75) is 27.7 Å². The molecule has 3 rings (SSSR count). The van der Waals surface area contributed by atoms with E-state index in [-0.39, 0.29) is 11.3 Å². The largest absolute Gasteiger partial charge is 0.507 e. The summed E-state index contributed by atoms with van der Waals surface area (Å²) in [5.74, 6) is -1.25. The number of hydrogen-bond acceptors (Lipinski definition) is 4. The van der Waals surface area contributed by atoms with Crippen LogP contribution in [0.5, 0.6) is 5.75 Å². The third-order valence-electron chi connectivity index (χ3n) is 4.39. The predicted octanol–water partition coefficient (Wildman–Crippen LogP) is 3.29. The molecule has 1 aliphatic heterocycles. The zero-order chi connectivity index (χ0) is 19.9. The highest BCUT2D eigenvalue weighted by molar-refractivity contribution is 6.39. The standard InChI is InChI=1S/C21H20N2O4/c1-11-5-12(2)7-16(6-11)23-20(26)17(19(25)22-21(23)27)10-15-8-13(3)18(24)14(4)9-15/h5-10,24H,1-4H3,(H,22,25,27). The highest BCUT2D eigenvalue weighted by Crippen LogP contribution is 2.27. The summed E-state index contributed by atoms with van der Waals surface area (Å²) in [6.07, 6.45) is 1.43. The third kappa shape index (κ3) is 3.46. The first kappa shape index (κ1) is 18.4. The molecule has 0 atom stereocenters. The van der Waals surface area contributed by atoms with Crippen LogP contribution in [0, 0.1) is 27.7 Å². The summed E-state index contributed by atoms with van der Waals surface area (Å²) in [5, 5.41) is 12.1. The summed E-state index contributed by atoms with van der Waals surface area (Å²) in [4.78, 5) is 38.5. The Morgan fingerprint density at radius 2 is 1.44 bits per heavy atom. The fraction of sp³-hybridized carbons (Fsp3) is 0.190. The van der Waals surface area contributed by atoms with E-state index in [2.05, 4.69) is 5.32 Å². The lowest BCUT2D eigenvalue weighted by atomic mass is 10.0. The number of rotatable bonds is 2. The normalized spacial score (nSPS) is 16.1. The summed E-state index contributed by atoms with van der Waals surface area (Å²) in [6, 6.07) is 7.94. The van der Waals surface area contributed by atoms with E-state index >= 15 is 0 Å². The zero-order valence-electron chi connectivity index (χ0n) is 15.6. The van der Waals surface area contributed by atoms with Gasteiger partial charge in [-0.2, -0.15) is 0 Å². The molecule has 2 aromatic carbocycles. The smallest absolute Gasteiger partial charge is 0.335 e. The number of imide groups is 2. The van der Waals surface area contributed by atoms with Crippen LogP contribution in [0.15, 0.2) is 35.9 Å². The van der Waals surface area contributed by atoms with Crippen LogP contribution in [0.2, 0.25) is 0 Å². The van der Waals surface area contributed by atoms with Gasteiger partial charge in [0.2, 0.25) is 0 Å². The number of nitrogens with zero attached hydrogens (tertiary/aromatic N) is 1. The maximum absolute atomic E-state index is 12.9. The van der Waals surface area contributed by atoms with Gasteiger partial charge < -0.3 is 5.11 Å². The molecule has 6 heteroatoms. The Balaban J connectivity index is 2.07. The average Bonchev–Trinajstić information content (AvgIpc) is 2.55. The van der Waals surface area contributed by atoms with Crippen LogP contribution < -0.4 is 10.2 Å². The van der Waals surface area contributed by atoms with Crippen molar-refractivity contribution in [2.24, 2.45) is 0 Å². The molecule has 0 aromatic heterocycles. The van der Waals surface area contributed by atoms with Crippen molar-refractivity contribution in [1.29, 1.82) is 0 Å². The van der Waals surface area contributed by atoms with E-state index in [0.717, 1.165) is 16.0 Å². The van der Waals surface area contributed by atoms with Gasteiger partial charge in [0.1, 0.15) is 11.3 Å². The van der Waals surface area contributed by atoms with Gasteiger partial charge in [0.25, 0.3) is 11.8 Å². The minimum absolute atomic E-state index is 0.141. The Labute approximate surface area is 157 Å². The number of aromatic hydroxyl groups is 1. The van der Waals surface area contributed by atoms with E-state index < -0.39 is 17.8 Å². The van der Waals surface area contributed by atoms with Gasteiger partial charge in [0.15, 0.2) is 0 Å². The number of urea groups is 1. The maximum atomic E-state index is 12.9. The molecule has 0 radical (unpaired) electrons. The number of benzene rings is 2. The second kappa shape index (κ2) is 6.72. The van der Waals surface area contributed by atoms with Crippen LogP contribution in [0.3, 0.4) is 0 Å². The van der Waals surface area contributed by atoms with Crippen LogP contribution >= 0.6 is 0 Å². The van der Waals surface area contributed by atoms with Crippen molar-refractivity contribution in [3.63, 3.8) is 0 Å². The second-order valence-electron chi connectivity index (χ2n) is 6.81. The number of amides is 4. The lowest BCUT2D eigenvalue weighted by Gasteiger charge is -2.27. The molecular formula is C21H20N2O4. The van der Waals surface area contributed by atoms with Crippen molar-refractivity contribution in [2.75, 3.05) is 4.90 Å². The Morgan fingerprint density at radius 1 is 0.889 bits per heavy atom. The molecule has 27 heavy (non-hydrogen) atoms. The lowest BCUT2D eigenvalue weighted by molar-refractivity contribution is -0.122. The molecule has 0 unspecified atom stereocenters. The molecule has 1 saturated heterocycles. The van der Waals surface area contributed by atoms with E-state index in [0.29, 0.717) is 22.4 Å². The molecule has 2 aromatic rings. The topological polar surface area (TPSA) is 86.7 Å². The fourth-order valence-corrected chi connectivity index (χ4v) is 3.21. The molecule has 138 valence electrons. The minimum Gasteiger partial charge on any atom is -0.507 e. The molecule has 4 amide bonds. The molecular weight excluding hydrogens is 344 g/mol. The highest BCUT2D eigenvalue weighted by Gasteiger charge is 2.37. The van der Waals surface area contributed by atoms with Gasteiger partial charge >= 0.3 is 6.03 Å². The summed E-state index contributed by atoms with van der Waals surface area (Å²) < 4.78 is 0. The minimum atomic E-state index is -0.773. The molecule has 0 aliphatic carbocycles. The monoisotopic (exact) mass is 364 g/mol. The number of aryl methyl sites for hydroxylation is 4. The first-order valence-corrected chi connectivity index (χ1v) is 8.47. The molecule has 0 spiro atoms. The number of anilines is 1. The van der Waals surface area contributed by atoms with E-state index in [1.165, 1.54) is 6.08 Å². The Morgan fingerprint density at radius 3 is 2.00 bits per heavy atom. The molecule has 1 fully saturated rings. The summed E-state index contributed by atoms with van der Waals surface area (Å²) in [7, 11) is 0. The van der Waals surface area contributed by atoms with Crippen molar-refractivity contribution < 1.29 is 19.5 Å². The summed E-state index contributed by atoms with van der Waals surface area (Å²) >= 11 is 0. The van der Waals surface area contributed by atoms with Crippen molar-refractivity contribution in [1.82, 2.24) is 5.32 Å². The van der Waals surface area contributed by atoms with Gasteiger partial charge in [-0.15, -0.1) is 0 Å². The Bertz CT molecular complexity index is 978. The van der Waals surface area contributed by atoms with E-state index in [1.54, 1.807) is 38.1 Å². The summed E-state index contributed by atoms with van der Waals surface area (Å²) in [6.45, 7) is 7.20. The molecule has 0 saturated carbocycles. The first-order valence-electron chi connectivity index (χ1n) is 8.47. The fourth-order valence-electron chi connectivity index (χ4n) is 3.21. The molecule has 1 aliphatic rings. The molecule has 1 heterocycles. The van der Waals surface area contributed by atoms with Gasteiger partial charge in [0, 0.05) is 0 Å². The Hall–Kier alpha value is -3.41. The lowest BCUT2D eigenvalue weighted by Crippen LogP contribution is -2.54. The zero-order valence-corrected chi connectivity index (χ0v) is 15.6. The van der Waals surface area contributed by atoms with E-state index in [1.807, 2.05) is 19.9 Å². The number of phenolic OH excluding ortho intramolecular Hbond substituents is 1. The van der Waals surface area contributed by atoms with E-state index in [4.69, 9.17) is 0 Å². The number of barbiturate groups is 1. The maximum Gasteiger partial charge on any atom is 0.335 e. The van der Waals surface area contributed by atoms with Crippen LogP contribution in [-0.2, 0) is 9.59 Å². The number of carbonyl (C=O) groups excluding carboxylic acids is 3. The van der Waals surface area contributed by atoms with Crippen LogP contribution in [-0.4, -0.2) is 23.0 Å². The van der Waals surface area contributed by atoms with Crippen LogP contribution in [0.25, 0.3) is 6.08 Å². The summed E-state index contributed by atoms with van der Waals surface area (Å²) in [5.41, 5.74) is 3.93. The van der Waals surface area contributed by atoms with Gasteiger partial charge in [0.05, 0.1) is 5.69 Å². The van der Waals surface area contributed by atoms with Crippen molar-refractivity contribution in [3.8, 4) is 5.75 Å².